The molecule has 0 aliphatic heterocycles. The molecule has 4 aromatic rings. The summed E-state index contributed by atoms with van der Waals surface area (Å²) in [5.74, 6) is 0. The van der Waals surface area contributed by atoms with Crippen molar-refractivity contribution in [3.63, 3.8) is 0 Å². The second kappa shape index (κ2) is 7.12. The Hall–Kier alpha value is -1.94. The summed E-state index contributed by atoms with van der Waals surface area (Å²) < 4.78 is 1.06. The number of halogens is 2. The van der Waals surface area contributed by atoms with Crippen molar-refractivity contribution >= 4 is 38.9 Å². The lowest BCUT2D eigenvalue weighted by Crippen LogP contribution is -1.90. The Morgan fingerprint density at radius 2 is 1.56 bits per heavy atom. The van der Waals surface area contributed by atoms with Gasteiger partial charge in [-0.25, -0.2) is 4.98 Å². The second-order valence-electron chi connectivity index (χ2n) is 5.62. The molecule has 2 aromatic heterocycles. The van der Waals surface area contributed by atoms with E-state index in [4.69, 9.17) is 16.6 Å². The van der Waals surface area contributed by atoms with E-state index >= 15 is 0 Å². The summed E-state index contributed by atoms with van der Waals surface area (Å²) in [5.41, 5.74) is 5.28. The Morgan fingerprint density at radius 3 is 2.28 bits per heavy atom. The number of nitrogens with zero attached hydrogens (tertiary/aromatic N) is 1. The van der Waals surface area contributed by atoms with Crippen molar-refractivity contribution in [2.45, 2.75) is 0 Å². The highest BCUT2D eigenvalue weighted by atomic mass is 79.9. The Morgan fingerprint density at radius 1 is 0.760 bits per heavy atom. The number of hydrogen-bond donors (Lipinski definition) is 0. The number of benzene rings is 2. The Balaban J connectivity index is 1.90. The van der Waals surface area contributed by atoms with E-state index in [0.29, 0.717) is 0 Å². The highest BCUT2D eigenvalue weighted by Gasteiger charge is 2.10. The molecule has 0 fully saturated rings. The molecule has 0 aliphatic carbocycles. The van der Waals surface area contributed by atoms with Gasteiger partial charge in [0.1, 0.15) is 0 Å². The smallest absolute Gasteiger partial charge is 0.0815 e. The van der Waals surface area contributed by atoms with Crippen LogP contribution in [0, 0.1) is 0 Å². The normalized spacial score (nSPS) is 10.8. The maximum absolute atomic E-state index is 6.03. The van der Waals surface area contributed by atoms with Crippen LogP contribution in [0.4, 0.5) is 0 Å². The van der Waals surface area contributed by atoms with Gasteiger partial charge in [0.2, 0.25) is 0 Å². The van der Waals surface area contributed by atoms with Crippen LogP contribution in [0.25, 0.3) is 33.0 Å². The van der Waals surface area contributed by atoms with Crippen molar-refractivity contribution in [3.8, 4) is 33.0 Å². The molecule has 0 aliphatic rings. The molecule has 0 atom stereocenters. The van der Waals surface area contributed by atoms with Gasteiger partial charge >= 0.3 is 0 Å². The molecule has 0 saturated carbocycles. The summed E-state index contributed by atoms with van der Waals surface area (Å²) in [4.78, 5) is 6.04. The molecule has 1 nitrogen and oxygen atoms in total. The average Bonchev–Trinajstić information content (AvgIpc) is 3.17. The number of rotatable bonds is 3. The molecule has 25 heavy (non-hydrogen) atoms. The van der Waals surface area contributed by atoms with Crippen LogP contribution in [0.3, 0.4) is 0 Å². The summed E-state index contributed by atoms with van der Waals surface area (Å²) in [6.45, 7) is 0. The maximum atomic E-state index is 6.03. The van der Waals surface area contributed by atoms with Gasteiger partial charge in [0, 0.05) is 15.1 Å². The van der Waals surface area contributed by atoms with Crippen molar-refractivity contribution in [2.24, 2.45) is 0 Å². The fourth-order valence-corrected chi connectivity index (χ4v) is 3.90. The maximum Gasteiger partial charge on any atom is 0.0815 e. The van der Waals surface area contributed by atoms with Gasteiger partial charge in [-0.2, -0.15) is 0 Å². The number of pyridine rings is 1. The molecule has 0 bridgehead atoms. The van der Waals surface area contributed by atoms with Crippen LogP contribution in [0.2, 0.25) is 5.02 Å². The predicted molar refractivity (Wildman–Crippen MR) is 111 cm³/mol. The lowest BCUT2D eigenvalue weighted by molar-refractivity contribution is 1.33. The lowest BCUT2D eigenvalue weighted by atomic mass is 10.0. The highest BCUT2D eigenvalue weighted by molar-refractivity contribution is 9.10. The lowest BCUT2D eigenvalue weighted by Gasteiger charge is -2.09. The fraction of sp³-hybridized carbons (Fsp3) is 0. The van der Waals surface area contributed by atoms with Gasteiger partial charge in [0.15, 0.2) is 0 Å². The Kier molecular flexibility index (Phi) is 4.71. The van der Waals surface area contributed by atoms with E-state index in [1.54, 1.807) is 11.3 Å². The Labute approximate surface area is 164 Å². The molecule has 0 radical (unpaired) electrons. The molecule has 0 spiro atoms. The molecule has 2 heterocycles. The van der Waals surface area contributed by atoms with Crippen LogP contribution >= 0.6 is 38.9 Å². The van der Waals surface area contributed by atoms with Crippen LogP contribution < -0.4 is 0 Å². The zero-order chi connectivity index (χ0) is 17.2. The van der Waals surface area contributed by atoms with Gasteiger partial charge in [-0.3, -0.25) is 0 Å². The van der Waals surface area contributed by atoms with Gasteiger partial charge in [-0.05, 0) is 59.0 Å². The molecule has 0 amide bonds. The van der Waals surface area contributed by atoms with E-state index in [1.165, 1.54) is 0 Å². The molecule has 0 unspecified atom stereocenters. The first-order valence-electron chi connectivity index (χ1n) is 7.77. The van der Waals surface area contributed by atoms with Crippen LogP contribution in [0.15, 0.2) is 82.6 Å². The molecule has 0 N–H and O–H groups in total. The molecular weight excluding hydrogens is 414 g/mol. The summed E-state index contributed by atoms with van der Waals surface area (Å²) in [6.07, 6.45) is 0. The van der Waals surface area contributed by atoms with Crippen LogP contribution in [0.5, 0.6) is 0 Å². The van der Waals surface area contributed by atoms with E-state index in [9.17, 15) is 0 Å². The standard InChI is InChI=1S/C21H13BrClNS/c22-17-4-1-3-15(11-17)16-12-19(14-6-8-18(23)9-7-14)24-20(13-16)21-5-2-10-25-21/h1-13H. The van der Waals surface area contributed by atoms with E-state index < -0.39 is 0 Å². The van der Waals surface area contributed by atoms with Crippen molar-refractivity contribution < 1.29 is 0 Å². The van der Waals surface area contributed by atoms with Crippen LogP contribution in [0.1, 0.15) is 0 Å². The quantitative estimate of drug-likeness (QED) is 0.329. The Bertz CT molecular complexity index is 1010. The summed E-state index contributed by atoms with van der Waals surface area (Å²) in [5, 5.41) is 2.80. The van der Waals surface area contributed by atoms with Crippen molar-refractivity contribution in [1.82, 2.24) is 4.98 Å². The topological polar surface area (TPSA) is 12.9 Å². The summed E-state index contributed by atoms with van der Waals surface area (Å²) in [6, 6.07) is 24.6. The number of hydrogen-bond acceptors (Lipinski definition) is 2. The number of thiophene rings is 1. The largest absolute Gasteiger partial charge is 0.247 e. The molecule has 4 heteroatoms. The fourth-order valence-electron chi connectivity index (χ4n) is 2.68. The van der Waals surface area contributed by atoms with E-state index in [0.717, 1.165) is 42.5 Å². The van der Waals surface area contributed by atoms with E-state index in [2.05, 4.69) is 57.7 Å². The average molecular weight is 427 g/mol. The minimum absolute atomic E-state index is 0.727. The summed E-state index contributed by atoms with van der Waals surface area (Å²) >= 11 is 11.3. The molecule has 2 aromatic carbocycles. The minimum atomic E-state index is 0.727. The zero-order valence-corrected chi connectivity index (χ0v) is 16.3. The monoisotopic (exact) mass is 425 g/mol. The van der Waals surface area contributed by atoms with Crippen molar-refractivity contribution in [2.75, 3.05) is 0 Å². The first-order chi connectivity index (χ1) is 12.2. The SMILES string of the molecule is Clc1ccc(-c2cc(-c3cccc(Br)c3)cc(-c3cccs3)n2)cc1. The second-order valence-corrected chi connectivity index (χ2v) is 7.92. The van der Waals surface area contributed by atoms with Crippen LogP contribution in [-0.2, 0) is 0 Å². The molecular formula is C21H13BrClNS. The van der Waals surface area contributed by atoms with Crippen molar-refractivity contribution in [1.29, 1.82) is 0 Å². The van der Waals surface area contributed by atoms with E-state index in [-0.39, 0.29) is 0 Å². The highest BCUT2D eigenvalue weighted by Crippen LogP contribution is 2.33. The predicted octanol–water partition coefficient (Wildman–Crippen LogP) is 7.56. The van der Waals surface area contributed by atoms with Gasteiger partial charge in [0.05, 0.1) is 16.3 Å². The first-order valence-corrected chi connectivity index (χ1v) is 9.82. The third kappa shape index (κ3) is 3.69. The van der Waals surface area contributed by atoms with Gasteiger partial charge in [-0.15, -0.1) is 11.3 Å². The third-order valence-corrected chi connectivity index (χ3v) is 5.53. The molecule has 0 saturated heterocycles. The molecule has 4 rings (SSSR count). The molecule has 122 valence electrons. The van der Waals surface area contributed by atoms with Crippen molar-refractivity contribution in [3.05, 3.63) is 87.7 Å². The van der Waals surface area contributed by atoms with Gasteiger partial charge in [-0.1, -0.05) is 57.9 Å². The summed E-state index contributed by atoms with van der Waals surface area (Å²) in [7, 11) is 0. The third-order valence-electron chi connectivity index (χ3n) is 3.90. The number of aromatic nitrogens is 1. The zero-order valence-electron chi connectivity index (χ0n) is 13.1. The van der Waals surface area contributed by atoms with Gasteiger partial charge < -0.3 is 0 Å². The van der Waals surface area contributed by atoms with E-state index in [1.807, 2.05) is 36.4 Å². The van der Waals surface area contributed by atoms with Crippen LogP contribution in [-0.4, -0.2) is 4.98 Å². The van der Waals surface area contributed by atoms with Gasteiger partial charge in [0.25, 0.3) is 0 Å². The first kappa shape index (κ1) is 16.5. The minimum Gasteiger partial charge on any atom is -0.247 e.